The van der Waals surface area contributed by atoms with Gasteiger partial charge in [0, 0.05) is 11.7 Å². The number of piperidine rings is 1. The molecule has 0 amide bonds. The zero-order chi connectivity index (χ0) is 13.2. The van der Waals surface area contributed by atoms with Gasteiger partial charge in [0.05, 0.1) is 18.2 Å². The van der Waals surface area contributed by atoms with Crippen molar-refractivity contribution in [2.75, 3.05) is 6.54 Å². The van der Waals surface area contributed by atoms with Crippen molar-refractivity contribution >= 4 is 0 Å². The Bertz CT molecular complexity index is 550. The third kappa shape index (κ3) is 2.54. The third-order valence-electron chi connectivity index (χ3n) is 3.64. The minimum absolute atomic E-state index is 0.203. The molecule has 1 aromatic carbocycles. The SMILES string of the molecule is Cc1cc(F)cc(-n2cncc2C2CCCCN2)c1. The van der Waals surface area contributed by atoms with Crippen LogP contribution in [0.15, 0.2) is 30.7 Å². The van der Waals surface area contributed by atoms with Crippen LogP contribution in [0.1, 0.15) is 36.6 Å². The Morgan fingerprint density at radius 1 is 1.32 bits per heavy atom. The summed E-state index contributed by atoms with van der Waals surface area (Å²) in [5, 5.41) is 3.51. The Balaban J connectivity index is 1.98. The Labute approximate surface area is 112 Å². The average molecular weight is 259 g/mol. The summed E-state index contributed by atoms with van der Waals surface area (Å²) in [4.78, 5) is 4.23. The molecule has 100 valence electrons. The second-order valence-corrected chi connectivity index (χ2v) is 5.18. The van der Waals surface area contributed by atoms with Crippen molar-refractivity contribution in [3.63, 3.8) is 0 Å². The van der Waals surface area contributed by atoms with Gasteiger partial charge in [-0.3, -0.25) is 0 Å². The van der Waals surface area contributed by atoms with Crippen LogP contribution in [0.25, 0.3) is 5.69 Å². The number of hydrogen-bond acceptors (Lipinski definition) is 2. The fraction of sp³-hybridized carbons (Fsp3) is 0.400. The molecule has 1 fully saturated rings. The zero-order valence-electron chi connectivity index (χ0n) is 11.1. The van der Waals surface area contributed by atoms with Crippen LogP contribution in [0.2, 0.25) is 0 Å². The Hall–Kier alpha value is -1.68. The molecule has 2 heterocycles. The van der Waals surface area contributed by atoms with Gasteiger partial charge in [0.2, 0.25) is 0 Å². The van der Waals surface area contributed by atoms with Crippen LogP contribution in [0.3, 0.4) is 0 Å². The summed E-state index contributed by atoms with van der Waals surface area (Å²) >= 11 is 0. The predicted octanol–water partition coefficient (Wildman–Crippen LogP) is 3.13. The fourth-order valence-electron chi connectivity index (χ4n) is 2.74. The van der Waals surface area contributed by atoms with Crippen LogP contribution < -0.4 is 5.32 Å². The van der Waals surface area contributed by atoms with Gasteiger partial charge in [-0.15, -0.1) is 0 Å². The summed E-state index contributed by atoms with van der Waals surface area (Å²) < 4.78 is 15.5. The molecule has 19 heavy (non-hydrogen) atoms. The second kappa shape index (κ2) is 5.13. The molecule has 1 aliphatic rings. The van der Waals surface area contributed by atoms with E-state index in [0.29, 0.717) is 6.04 Å². The summed E-state index contributed by atoms with van der Waals surface area (Å²) in [6.45, 7) is 2.94. The minimum atomic E-state index is -0.203. The smallest absolute Gasteiger partial charge is 0.125 e. The number of hydrogen-bond donors (Lipinski definition) is 1. The molecular weight excluding hydrogens is 241 g/mol. The van der Waals surface area contributed by atoms with E-state index in [1.807, 2.05) is 23.8 Å². The lowest BCUT2D eigenvalue weighted by molar-refractivity contribution is 0.401. The van der Waals surface area contributed by atoms with Gasteiger partial charge in [-0.25, -0.2) is 9.37 Å². The highest BCUT2D eigenvalue weighted by Gasteiger charge is 2.19. The van der Waals surface area contributed by atoms with Crippen LogP contribution in [0, 0.1) is 12.7 Å². The number of halogens is 1. The molecule has 3 rings (SSSR count). The van der Waals surface area contributed by atoms with Gasteiger partial charge >= 0.3 is 0 Å². The molecule has 1 unspecified atom stereocenters. The highest BCUT2D eigenvalue weighted by Crippen LogP contribution is 2.25. The first-order valence-electron chi connectivity index (χ1n) is 6.77. The highest BCUT2D eigenvalue weighted by molar-refractivity contribution is 5.38. The Morgan fingerprint density at radius 2 is 2.21 bits per heavy atom. The maximum atomic E-state index is 13.5. The van der Waals surface area contributed by atoms with E-state index >= 15 is 0 Å². The van der Waals surface area contributed by atoms with E-state index in [9.17, 15) is 4.39 Å². The first-order valence-corrected chi connectivity index (χ1v) is 6.77. The van der Waals surface area contributed by atoms with Crippen molar-refractivity contribution in [2.24, 2.45) is 0 Å². The van der Waals surface area contributed by atoms with Gasteiger partial charge < -0.3 is 9.88 Å². The molecule has 0 saturated carbocycles. The van der Waals surface area contributed by atoms with Crippen molar-refractivity contribution in [3.05, 3.63) is 47.8 Å². The second-order valence-electron chi connectivity index (χ2n) is 5.18. The lowest BCUT2D eigenvalue weighted by Gasteiger charge is -2.24. The van der Waals surface area contributed by atoms with E-state index in [2.05, 4.69) is 10.3 Å². The number of nitrogens with zero attached hydrogens (tertiary/aromatic N) is 2. The van der Waals surface area contributed by atoms with E-state index < -0.39 is 0 Å². The van der Waals surface area contributed by atoms with Gasteiger partial charge in [-0.05, 0) is 50.1 Å². The fourth-order valence-corrected chi connectivity index (χ4v) is 2.74. The number of nitrogens with one attached hydrogen (secondary N) is 1. The molecule has 1 aliphatic heterocycles. The average Bonchev–Trinajstić information content (AvgIpc) is 2.88. The first-order chi connectivity index (χ1) is 9.24. The Kier molecular flexibility index (Phi) is 3.34. The van der Waals surface area contributed by atoms with E-state index in [1.54, 1.807) is 18.5 Å². The van der Waals surface area contributed by atoms with E-state index in [0.717, 1.165) is 29.9 Å². The summed E-state index contributed by atoms with van der Waals surface area (Å²) in [5.74, 6) is -0.203. The van der Waals surface area contributed by atoms with Gasteiger partial charge in [0.25, 0.3) is 0 Å². The summed E-state index contributed by atoms with van der Waals surface area (Å²) in [6, 6.07) is 5.40. The molecule has 0 bridgehead atoms. The molecular formula is C15H18FN3. The van der Waals surface area contributed by atoms with Crippen molar-refractivity contribution in [3.8, 4) is 5.69 Å². The normalized spacial score (nSPS) is 19.6. The summed E-state index contributed by atoms with van der Waals surface area (Å²) in [7, 11) is 0. The maximum absolute atomic E-state index is 13.5. The van der Waals surface area contributed by atoms with Crippen LogP contribution in [0.5, 0.6) is 0 Å². The molecule has 0 radical (unpaired) electrons. The molecule has 0 spiro atoms. The summed E-state index contributed by atoms with van der Waals surface area (Å²) in [5.41, 5.74) is 2.88. The van der Waals surface area contributed by atoms with Crippen molar-refractivity contribution < 1.29 is 4.39 Å². The van der Waals surface area contributed by atoms with Crippen molar-refractivity contribution in [2.45, 2.75) is 32.2 Å². The zero-order valence-corrected chi connectivity index (χ0v) is 11.1. The number of rotatable bonds is 2. The Morgan fingerprint density at radius 3 is 2.95 bits per heavy atom. The lowest BCUT2D eigenvalue weighted by atomic mass is 10.0. The van der Waals surface area contributed by atoms with E-state index in [4.69, 9.17) is 0 Å². The van der Waals surface area contributed by atoms with Crippen LogP contribution in [-0.2, 0) is 0 Å². The molecule has 4 heteroatoms. The predicted molar refractivity (Wildman–Crippen MR) is 72.9 cm³/mol. The molecule has 0 aliphatic carbocycles. The topological polar surface area (TPSA) is 29.9 Å². The van der Waals surface area contributed by atoms with Gasteiger partial charge in [0.1, 0.15) is 5.82 Å². The van der Waals surface area contributed by atoms with Gasteiger partial charge in [-0.2, -0.15) is 0 Å². The lowest BCUT2D eigenvalue weighted by Crippen LogP contribution is -2.28. The van der Waals surface area contributed by atoms with E-state index in [1.165, 1.54) is 12.8 Å². The first kappa shape index (κ1) is 12.4. The van der Waals surface area contributed by atoms with Crippen LogP contribution >= 0.6 is 0 Å². The summed E-state index contributed by atoms with van der Waals surface area (Å²) in [6.07, 6.45) is 7.21. The van der Waals surface area contributed by atoms with Crippen LogP contribution in [0.4, 0.5) is 4.39 Å². The molecule has 1 aromatic heterocycles. The van der Waals surface area contributed by atoms with Gasteiger partial charge in [0.15, 0.2) is 0 Å². The standard InChI is InChI=1S/C15H18FN3/c1-11-6-12(16)8-13(7-11)19-10-17-9-15(19)14-4-2-3-5-18-14/h6-10,14,18H,2-5H2,1H3. The quantitative estimate of drug-likeness (QED) is 0.898. The molecule has 1 saturated heterocycles. The maximum Gasteiger partial charge on any atom is 0.125 e. The number of aromatic nitrogens is 2. The van der Waals surface area contributed by atoms with Crippen LogP contribution in [-0.4, -0.2) is 16.1 Å². The third-order valence-corrected chi connectivity index (χ3v) is 3.64. The van der Waals surface area contributed by atoms with Crippen molar-refractivity contribution in [1.82, 2.24) is 14.9 Å². The minimum Gasteiger partial charge on any atom is -0.309 e. The largest absolute Gasteiger partial charge is 0.309 e. The molecule has 1 N–H and O–H groups in total. The van der Waals surface area contributed by atoms with E-state index in [-0.39, 0.29) is 5.82 Å². The number of imidazole rings is 1. The molecule has 1 atom stereocenters. The number of benzene rings is 1. The molecule has 3 nitrogen and oxygen atoms in total. The highest BCUT2D eigenvalue weighted by atomic mass is 19.1. The monoisotopic (exact) mass is 259 g/mol. The number of aryl methyl sites for hydroxylation is 1. The van der Waals surface area contributed by atoms with Gasteiger partial charge in [-0.1, -0.05) is 6.42 Å². The van der Waals surface area contributed by atoms with Crippen molar-refractivity contribution in [1.29, 1.82) is 0 Å². The molecule has 2 aromatic rings.